The molecule has 5 nitrogen and oxygen atoms in total. The van der Waals surface area contributed by atoms with Crippen LogP contribution >= 0.6 is 0 Å². The van der Waals surface area contributed by atoms with Crippen LogP contribution < -0.4 is 10.2 Å². The number of nitrogens with one attached hydrogen (secondary N) is 1. The van der Waals surface area contributed by atoms with Crippen molar-refractivity contribution in [3.63, 3.8) is 0 Å². The Labute approximate surface area is 106 Å². The van der Waals surface area contributed by atoms with Gasteiger partial charge in [0.1, 0.15) is 12.2 Å². The number of nitrogens with zero attached hydrogens (tertiary/aromatic N) is 2. The van der Waals surface area contributed by atoms with E-state index in [1.54, 1.807) is 30.1 Å². The molecule has 1 saturated heterocycles. The van der Waals surface area contributed by atoms with Crippen LogP contribution in [0.3, 0.4) is 0 Å². The Bertz CT molecular complexity index is 479. The summed E-state index contributed by atoms with van der Waals surface area (Å²) in [5.74, 6) is -0.0988. The predicted octanol–water partition coefficient (Wildman–Crippen LogP) is 0.509. The van der Waals surface area contributed by atoms with Gasteiger partial charge in [-0.05, 0) is 19.2 Å². The molecule has 0 aliphatic carbocycles. The largest absolute Gasteiger partial charge is 0.365 e. The highest BCUT2D eigenvalue weighted by Crippen LogP contribution is 2.22. The Kier molecular flexibility index (Phi) is 3.92. The summed E-state index contributed by atoms with van der Waals surface area (Å²) >= 11 is 0. The standard InChI is InChI=1S/C13H15N3O2/c1-15-9-12-13(17)16(6-7-18-12)11-5-3-2-4-10(11)8-14/h2-5,12,15H,6-7,9H2,1H3. The second kappa shape index (κ2) is 5.63. The van der Waals surface area contributed by atoms with Crippen LogP contribution in [0, 0.1) is 11.3 Å². The van der Waals surface area contributed by atoms with Crippen molar-refractivity contribution in [2.24, 2.45) is 0 Å². The summed E-state index contributed by atoms with van der Waals surface area (Å²) in [7, 11) is 1.78. The second-order valence-corrected chi connectivity index (χ2v) is 4.04. The molecule has 1 aliphatic rings. The van der Waals surface area contributed by atoms with Crippen LogP contribution in [-0.2, 0) is 9.53 Å². The van der Waals surface area contributed by atoms with Crippen LogP contribution in [0.25, 0.3) is 0 Å². The lowest BCUT2D eigenvalue weighted by atomic mass is 10.1. The predicted molar refractivity (Wildman–Crippen MR) is 67.2 cm³/mol. The second-order valence-electron chi connectivity index (χ2n) is 4.04. The first-order chi connectivity index (χ1) is 8.77. The van der Waals surface area contributed by atoms with E-state index in [0.29, 0.717) is 30.9 Å². The zero-order valence-electron chi connectivity index (χ0n) is 10.2. The maximum atomic E-state index is 12.2. The number of hydrogen-bond donors (Lipinski definition) is 1. The molecule has 0 bridgehead atoms. The highest BCUT2D eigenvalue weighted by molar-refractivity contribution is 5.98. The fourth-order valence-electron chi connectivity index (χ4n) is 2.02. The number of benzene rings is 1. The van der Waals surface area contributed by atoms with Crippen molar-refractivity contribution >= 4 is 11.6 Å². The van der Waals surface area contributed by atoms with Gasteiger partial charge in [0.25, 0.3) is 5.91 Å². The first-order valence-electron chi connectivity index (χ1n) is 5.84. The molecule has 94 valence electrons. The molecule has 0 saturated carbocycles. The van der Waals surface area contributed by atoms with Gasteiger partial charge in [0, 0.05) is 13.1 Å². The zero-order chi connectivity index (χ0) is 13.0. The SMILES string of the molecule is CNCC1OCCN(c2ccccc2C#N)C1=O. The van der Waals surface area contributed by atoms with Gasteiger partial charge in [-0.15, -0.1) is 0 Å². The molecule has 0 radical (unpaired) electrons. The molecule has 2 rings (SSSR count). The van der Waals surface area contributed by atoms with Crippen molar-refractivity contribution in [3.05, 3.63) is 29.8 Å². The van der Waals surface area contributed by atoms with Crippen LogP contribution in [0.15, 0.2) is 24.3 Å². The van der Waals surface area contributed by atoms with Crippen molar-refractivity contribution in [1.82, 2.24) is 5.32 Å². The number of likely N-dealkylation sites (N-methyl/N-ethyl adjacent to an activating group) is 1. The lowest BCUT2D eigenvalue weighted by Gasteiger charge is -2.32. The van der Waals surface area contributed by atoms with Crippen LogP contribution in [0.1, 0.15) is 5.56 Å². The van der Waals surface area contributed by atoms with E-state index in [1.165, 1.54) is 0 Å². The summed E-state index contributed by atoms with van der Waals surface area (Å²) in [6.07, 6.45) is -0.476. The minimum absolute atomic E-state index is 0.0988. The van der Waals surface area contributed by atoms with Crippen molar-refractivity contribution < 1.29 is 9.53 Å². The normalized spacial score (nSPS) is 19.7. The van der Waals surface area contributed by atoms with Gasteiger partial charge in [0.05, 0.1) is 17.9 Å². The van der Waals surface area contributed by atoms with Gasteiger partial charge < -0.3 is 15.0 Å². The molecule has 5 heteroatoms. The fraction of sp³-hybridized carbons (Fsp3) is 0.385. The van der Waals surface area contributed by atoms with Gasteiger partial charge in [0.15, 0.2) is 0 Å². The molecule has 1 aromatic rings. The Morgan fingerprint density at radius 2 is 2.33 bits per heavy atom. The molecular weight excluding hydrogens is 230 g/mol. The van der Waals surface area contributed by atoms with Gasteiger partial charge in [-0.3, -0.25) is 4.79 Å². The number of para-hydroxylation sites is 1. The first kappa shape index (κ1) is 12.6. The molecule has 0 aromatic heterocycles. The molecule has 1 atom stereocenters. The third-order valence-electron chi connectivity index (χ3n) is 2.88. The monoisotopic (exact) mass is 245 g/mol. The summed E-state index contributed by atoms with van der Waals surface area (Å²) in [5.41, 5.74) is 1.17. The fourth-order valence-corrected chi connectivity index (χ4v) is 2.02. The molecule has 1 fully saturated rings. The third kappa shape index (κ3) is 2.35. The lowest BCUT2D eigenvalue weighted by Crippen LogP contribution is -2.51. The number of amides is 1. The van der Waals surface area contributed by atoms with Crippen molar-refractivity contribution in [2.75, 3.05) is 31.6 Å². The zero-order valence-corrected chi connectivity index (χ0v) is 10.2. The summed E-state index contributed by atoms with van der Waals surface area (Å²) in [4.78, 5) is 13.9. The van der Waals surface area contributed by atoms with Gasteiger partial charge in [-0.1, -0.05) is 12.1 Å². The van der Waals surface area contributed by atoms with Crippen molar-refractivity contribution in [3.8, 4) is 6.07 Å². The Morgan fingerprint density at radius 1 is 1.56 bits per heavy atom. The molecular formula is C13H15N3O2. The van der Waals surface area contributed by atoms with Gasteiger partial charge in [-0.2, -0.15) is 5.26 Å². The van der Waals surface area contributed by atoms with Gasteiger partial charge in [-0.25, -0.2) is 0 Å². The third-order valence-corrected chi connectivity index (χ3v) is 2.88. The van der Waals surface area contributed by atoms with Crippen LogP contribution in [-0.4, -0.2) is 38.8 Å². The smallest absolute Gasteiger partial charge is 0.257 e. The maximum Gasteiger partial charge on any atom is 0.257 e. The van der Waals surface area contributed by atoms with Crippen LogP contribution in [0.2, 0.25) is 0 Å². The highest BCUT2D eigenvalue weighted by atomic mass is 16.5. The molecule has 1 amide bonds. The van der Waals surface area contributed by atoms with Gasteiger partial charge >= 0.3 is 0 Å². The number of carbonyl (C=O) groups excluding carboxylic acids is 1. The lowest BCUT2D eigenvalue weighted by molar-refractivity contribution is -0.133. The number of hydrogen-bond acceptors (Lipinski definition) is 4. The number of anilines is 1. The number of morpholine rings is 1. The minimum atomic E-state index is -0.476. The van der Waals surface area contributed by atoms with E-state index in [9.17, 15) is 4.79 Å². The molecule has 1 unspecified atom stereocenters. The number of rotatable bonds is 3. The minimum Gasteiger partial charge on any atom is -0.365 e. The summed E-state index contributed by atoms with van der Waals surface area (Å²) in [6.45, 7) is 1.44. The van der Waals surface area contributed by atoms with Crippen LogP contribution in [0.5, 0.6) is 0 Å². The number of ether oxygens (including phenoxy) is 1. The quantitative estimate of drug-likeness (QED) is 0.842. The van der Waals surface area contributed by atoms with Crippen LogP contribution in [0.4, 0.5) is 5.69 Å². The van der Waals surface area contributed by atoms with E-state index in [2.05, 4.69) is 11.4 Å². The molecule has 1 aliphatic heterocycles. The van der Waals surface area contributed by atoms with E-state index in [0.717, 1.165) is 0 Å². The van der Waals surface area contributed by atoms with Gasteiger partial charge in [0.2, 0.25) is 0 Å². The molecule has 1 aromatic carbocycles. The Hall–Kier alpha value is -1.90. The highest BCUT2D eigenvalue weighted by Gasteiger charge is 2.30. The average Bonchev–Trinajstić information content (AvgIpc) is 2.41. The summed E-state index contributed by atoms with van der Waals surface area (Å²) in [6, 6.07) is 9.23. The average molecular weight is 245 g/mol. The topological polar surface area (TPSA) is 65.4 Å². The first-order valence-corrected chi connectivity index (χ1v) is 5.84. The summed E-state index contributed by atoms with van der Waals surface area (Å²) in [5, 5.41) is 12.0. The van der Waals surface area contributed by atoms with Crippen molar-refractivity contribution in [2.45, 2.75) is 6.10 Å². The number of carbonyl (C=O) groups is 1. The van der Waals surface area contributed by atoms with Crippen molar-refractivity contribution in [1.29, 1.82) is 5.26 Å². The Balaban J connectivity index is 2.27. The molecule has 18 heavy (non-hydrogen) atoms. The van der Waals surface area contributed by atoms with E-state index in [4.69, 9.17) is 10.00 Å². The molecule has 1 heterocycles. The van der Waals surface area contributed by atoms with E-state index in [-0.39, 0.29) is 5.91 Å². The van der Waals surface area contributed by atoms with E-state index in [1.807, 2.05) is 6.07 Å². The van der Waals surface area contributed by atoms with E-state index >= 15 is 0 Å². The summed E-state index contributed by atoms with van der Waals surface area (Å²) < 4.78 is 5.42. The molecule has 1 N–H and O–H groups in total. The Morgan fingerprint density at radius 3 is 3.06 bits per heavy atom. The number of nitriles is 1. The maximum absolute atomic E-state index is 12.2. The van der Waals surface area contributed by atoms with E-state index < -0.39 is 6.10 Å². The molecule has 0 spiro atoms.